The number of carbonyl (C=O) groups is 2. The van der Waals surface area contributed by atoms with Gasteiger partial charge in [0.1, 0.15) is 23.9 Å². The molecule has 2 heterocycles. The van der Waals surface area contributed by atoms with Crippen molar-refractivity contribution < 1.29 is 24.5 Å². The number of ketones is 1. The van der Waals surface area contributed by atoms with Crippen LogP contribution >= 0.6 is 0 Å². The lowest BCUT2D eigenvalue weighted by Gasteiger charge is -2.28. The van der Waals surface area contributed by atoms with E-state index in [2.05, 4.69) is 0 Å². The number of hydrogen-bond acceptors (Lipinski definition) is 6. The molecule has 7 heteroatoms. The highest BCUT2D eigenvalue weighted by atomic mass is 16.5. The zero-order valence-corrected chi connectivity index (χ0v) is 17.7. The molecule has 2 aromatic carbocycles. The van der Waals surface area contributed by atoms with Crippen molar-refractivity contribution in [2.24, 2.45) is 0 Å². The van der Waals surface area contributed by atoms with Crippen molar-refractivity contribution in [3.05, 3.63) is 59.2 Å². The van der Waals surface area contributed by atoms with Crippen LogP contribution in [0.4, 0.5) is 5.69 Å². The molecule has 0 saturated carbocycles. The number of likely N-dealkylation sites (N-methyl/N-ethyl adjacent to an activating group) is 1. The van der Waals surface area contributed by atoms with Crippen molar-refractivity contribution in [3.63, 3.8) is 0 Å². The molecule has 162 valence electrons. The summed E-state index contributed by atoms with van der Waals surface area (Å²) in [5.74, 6) is -0.845. The molecule has 2 aliphatic rings. The highest BCUT2D eigenvalue weighted by Crippen LogP contribution is 2.41. The van der Waals surface area contributed by atoms with Gasteiger partial charge in [0.25, 0.3) is 11.7 Å². The van der Waals surface area contributed by atoms with Gasteiger partial charge in [-0.25, -0.2) is 0 Å². The summed E-state index contributed by atoms with van der Waals surface area (Å²) in [6.45, 7) is 3.68. The molecule has 0 aliphatic carbocycles. The van der Waals surface area contributed by atoms with Gasteiger partial charge in [0.15, 0.2) is 0 Å². The van der Waals surface area contributed by atoms with Gasteiger partial charge in [0.05, 0.1) is 23.8 Å². The summed E-state index contributed by atoms with van der Waals surface area (Å²) in [4.78, 5) is 29.4. The number of anilines is 1. The first-order chi connectivity index (χ1) is 14.9. The lowest BCUT2D eigenvalue weighted by Crippen LogP contribution is -2.30. The van der Waals surface area contributed by atoms with E-state index < -0.39 is 17.7 Å². The van der Waals surface area contributed by atoms with E-state index in [4.69, 9.17) is 4.74 Å². The highest BCUT2D eigenvalue weighted by Gasteiger charge is 2.45. The first-order valence-electron chi connectivity index (χ1n) is 10.5. The Balaban J connectivity index is 1.85. The van der Waals surface area contributed by atoms with Crippen molar-refractivity contribution in [1.82, 2.24) is 4.90 Å². The fraction of sp³-hybridized carbons (Fsp3) is 0.333. The molecule has 4 rings (SSSR count). The number of hydrogen-bond donors (Lipinski definition) is 2. The molecule has 0 radical (unpaired) electrons. The van der Waals surface area contributed by atoms with Crippen LogP contribution < -0.4 is 9.64 Å². The van der Waals surface area contributed by atoms with E-state index in [1.807, 2.05) is 18.9 Å². The van der Waals surface area contributed by atoms with Crippen LogP contribution in [0.2, 0.25) is 0 Å². The standard InChI is InChI=1S/C24H26N2O5/c1-3-4-10-26-21(15-6-5-7-17(27)13-15)20(23(29)24(26)30)22(28)16-8-9-19-18(14-16)25(2)11-12-31-19/h5-9,13-14,21,27-28H,3-4,10-12H2,1-2H3/b22-20-. The average Bonchev–Trinajstić information content (AvgIpc) is 3.02. The van der Waals surface area contributed by atoms with E-state index in [9.17, 15) is 19.8 Å². The van der Waals surface area contributed by atoms with Crippen molar-refractivity contribution in [3.8, 4) is 11.5 Å². The number of aliphatic hydroxyl groups is 1. The van der Waals surface area contributed by atoms with Gasteiger partial charge in [-0.2, -0.15) is 0 Å². The SMILES string of the molecule is CCCCN1C(=O)C(=O)/C(=C(\O)c2ccc3c(c2)N(C)CCO3)C1c1cccc(O)c1. The summed E-state index contributed by atoms with van der Waals surface area (Å²) in [5, 5.41) is 21.2. The molecule has 1 unspecified atom stereocenters. The Labute approximate surface area is 181 Å². The molecule has 0 spiro atoms. The number of ether oxygens (including phenoxy) is 1. The Hall–Kier alpha value is -3.48. The minimum Gasteiger partial charge on any atom is -0.508 e. The molecular weight excluding hydrogens is 396 g/mol. The normalized spacial score (nSPS) is 20.0. The van der Waals surface area contributed by atoms with Gasteiger partial charge < -0.3 is 24.7 Å². The van der Waals surface area contributed by atoms with E-state index in [1.165, 1.54) is 17.0 Å². The van der Waals surface area contributed by atoms with E-state index in [0.29, 0.717) is 36.6 Å². The smallest absolute Gasteiger partial charge is 0.295 e. The van der Waals surface area contributed by atoms with E-state index >= 15 is 0 Å². The van der Waals surface area contributed by atoms with Gasteiger partial charge in [-0.3, -0.25) is 9.59 Å². The van der Waals surface area contributed by atoms with Crippen molar-refractivity contribution in [2.45, 2.75) is 25.8 Å². The number of phenolic OH excluding ortho intramolecular Hbond substituents is 1. The largest absolute Gasteiger partial charge is 0.508 e. The summed E-state index contributed by atoms with van der Waals surface area (Å²) in [5.41, 5.74) is 1.86. The second-order valence-electron chi connectivity index (χ2n) is 7.89. The number of nitrogens with zero attached hydrogens (tertiary/aromatic N) is 2. The zero-order chi connectivity index (χ0) is 22.1. The third-order valence-corrected chi connectivity index (χ3v) is 5.81. The number of amides is 1. The second kappa shape index (κ2) is 8.34. The van der Waals surface area contributed by atoms with Gasteiger partial charge in [0.2, 0.25) is 0 Å². The molecule has 31 heavy (non-hydrogen) atoms. The topological polar surface area (TPSA) is 90.3 Å². The molecule has 0 aromatic heterocycles. The quantitative estimate of drug-likeness (QED) is 0.436. The van der Waals surface area contributed by atoms with Crippen molar-refractivity contribution in [1.29, 1.82) is 0 Å². The van der Waals surface area contributed by atoms with Crippen LogP contribution in [0.25, 0.3) is 5.76 Å². The monoisotopic (exact) mass is 422 g/mol. The highest BCUT2D eigenvalue weighted by molar-refractivity contribution is 6.46. The van der Waals surface area contributed by atoms with Gasteiger partial charge >= 0.3 is 0 Å². The minimum absolute atomic E-state index is 0.0334. The third kappa shape index (κ3) is 3.71. The fourth-order valence-corrected chi connectivity index (χ4v) is 4.13. The molecule has 2 aliphatic heterocycles. The fourth-order valence-electron chi connectivity index (χ4n) is 4.13. The molecule has 1 fully saturated rings. The van der Waals surface area contributed by atoms with Crippen LogP contribution in [0.1, 0.15) is 36.9 Å². The first-order valence-corrected chi connectivity index (χ1v) is 10.5. The lowest BCUT2D eigenvalue weighted by atomic mass is 9.94. The molecule has 1 amide bonds. The summed E-state index contributed by atoms with van der Waals surface area (Å²) >= 11 is 0. The zero-order valence-electron chi connectivity index (χ0n) is 17.7. The number of likely N-dealkylation sites (tertiary alicyclic amines) is 1. The molecule has 0 bridgehead atoms. The van der Waals surface area contributed by atoms with E-state index in [-0.39, 0.29) is 17.1 Å². The van der Waals surface area contributed by atoms with Crippen LogP contribution in [0.15, 0.2) is 48.0 Å². The number of fused-ring (bicyclic) bond motifs is 1. The number of benzene rings is 2. The van der Waals surface area contributed by atoms with E-state index in [0.717, 1.165) is 18.5 Å². The molecule has 1 atom stereocenters. The second-order valence-corrected chi connectivity index (χ2v) is 7.89. The molecular formula is C24H26N2O5. The summed E-state index contributed by atoms with van der Waals surface area (Å²) in [7, 11) is 1.93. The Morgan fingerprint density at radius 2 is 2.00 bits per heavy atom. The average molecular weight is 422 g/mol. The Kier molecular flexibility index (Phi) is 5.59. The predicted molar refractivity (Wildman–Crippen MR) is 117 cm³/mol. The number of phenols is 1. The molecule has 2 N–H and O–H groups in total. The van der Waals surface area contributed by atoms with Crippen LogP contribution in [-0.2, 0) is 9.59 Å². The Morgan fingerprint density at radius 1 is 1.19 bits per heavy atom. The van der Waals surface area contributed by atoms with Crippen molar-refractivity contribution in [2.75, 3.05) is 31.6 Å². The maximum atomic E-state index is 13.0. The van der Waals surface area contributed by atoms with Crippen LogP contribution in [0.3, 0.4) is 0 Å². The summed E-state index contributed by atoms with van der Waals surface area (Å²) in [6.07, 6.45) is 1.58. The number of aliphatic hydroxyl groups excluding tert-OH is 1. The lowest BCUT2D eigenvalue weighted by molar-refractivity contribution is -0.139. The number of unbranched alkanes of at least 4 members (excludes halogenated alkanes) is 1. The van der Waals surface area contributed by atoms with E-state index in [1.54, 1.807) is 30.3 Å². The van der Waals surface area contributed by atoms with Crippen molar-refractivity contribution >= 4 is 23.1 Å². The van der Waals surface area contributed by atoms with Crippen LogP contribution in [0, 0.1) is 0 Å². The maximum absolute atomic E-state index is 13.0. The Morgan fingerprint density at radius 3 is 2.74 bits per heavy atom. The van der Waals surface area contributed by atoms with Crippen LogP contribution in [-0.4, -0.2) is 53.5 Å². The molecule has 1 saturated heterocycles. The van der Waals surface area contributed by atoms with Crippen LogP contribution in [0.5, 0.6) is 11.5 Å². The number of rotatable bonds is 5. The summed E-state index contributed by atoms with van der Waals surface area (Å²) in [6, 6.07) is 10.9. The molecule has 2 aromatic rings. The maximum Gasteiger partial charge on any atom is 0.295 e. The van der Waals surface area contributed by atoms with Gasteiger partial charge in [-0.1, -0.05) is 25.5 Å². The summed E-state index contributed by atoms with van der Waals surface area (Å²) < 4.78 is 5.66. The number of aromatic hydroxyl groups is 1. The van der Waals surface area contributed by atoms with Gasteiger partial charge in [-0.15, -0.1) is 0 Å². The molecule has 7 nitrogen and oxygen atoms in total. The van der Waals surface area contributed by atoms with Gasteiger partial charge in [0, 0.05) is 19.2 Å². The number of Topliss-reactive ketones (excluding diaryl/α,β-unsaturated/α-hetero) is 1. The number of carbonyl (C=O) groups excluding carboxylic acids is 2. The minimum atomic E-state index is -0.760. The van der Waals surface area contributed by atoms with Gasteiger partial charge in [-0.05, 0) is 42.3 Å². The third-order valence-electron chi connectivity index (χ3n) is 5.81. The predicted octanol–water partition coefficient (Wildman–Crippen LogP) is 3.44. The first kappa shape index (κ1) is 20.8. The Bertz CT molecular complexity index is 1060.